The number of allylic oxidation sites excluding steroid dienone is 8. The molecule has 0 amide bonds. The van der Waals surface area contributed by atoms with Gasteiger partial charge in [-0.1, -0.05) is 140 Å². The summed E-state index contributed by atoms with van der Waals surface area (Å²) in [7, 11) is -4.38. The Labute approximate surface area is 324 Å². The van der Waals surface area contributed by atoms with Crippen LogP contribution in [0.1, 0.15) is 181 Å². The fourth-order valence-electron chi connectivity index (χ4n) is 5.52. The summed E-state index contributed by atoms with van der Waals surface area (Å²) in [5, 5.41) is 0. The number of unbranched alkanes of at least 4 members (excludes halogenated alkanes) is 18. The molecule has 10 heteroatoms. The summed E-state index contributed by atoms with van der Waals surface area (Å²) in [6.45, 7) is 3.65. The summed E-state index contributed by atoms with van der Waals surface area (Å²) in [6, 6.07) is 0. The van der Waals surface area contributed by atoms with E-state index in [4.69, 9.17) is 24.3 Å². The Morgan fingerprint density at radius 2 is 0.981 bits per heavy atom. The molecule has 53 heavy (non-hydrogen) atoms. The van der Waals surface area contributed by atoms with Crippen molar-refractivity contribution in [3.63, 3.8) is 0 Å². The van der Waals surface area contributed by atoms with Crippen molar-refractivity contribution in [3.05, 3.63) is 48.6 Å². The number of esters is 2. The van der Waals surface area contributed by atoms with Gasteiger partial charge in [0.25, 0.3) is 0 Å². The number of carbonyl (C=O) groups is 2. The summed E-state index contributed by atoms with van der Waals surface area (Å²) >= 11 is 0. The minimum absolute atomic E-state index is 0.0484. The van der Waals surface area contributed by atoms with Crippen molar-refractivity contribution in [1.82, 2.24) is 0 Å². The van der Waals surface area contributed by atoms with Gasteiger partial charge in [-0.2, -0.15) is 0 Å². The van der Waals surface area contributed by atoms with E-state index < -0.39 is 32.5 Å². The molecule has 0 bridgehead atoms. The molecule has 308 valence electrons. The maximum Gasteiger partial charge on any atom is 0.472 e. The first-order valence-electron chi connectivity index (χ1n) is 21.1. The molecule has 0 saturated carbocycles. The number of phosphoric acid groups is 1. The molecule has 0 aromatic heterocycles. The van der Waals surface area contributed by atoms with Gasteiger partial charge in [0.1, 0.15) is 6.61 Å². The molecule has 0 spiro atoms. The zero-order valence-corrected chi connectivity index (χ0v) is 34.6. The third kappa shape index (κ3) is 39.5. The van der Waals surface area contributed by atoms with Crippen molar-refractivity contribution in [2.24, 2.45) is 5.73 Å². The van der Waals surface area contributed by atoms with Gasteiger partial charge in [-0.15, -0.1) is 0 Å². The zero-order valence-electron chi connectivity index (χ0n) is 33.7. The number of carbonyl (C=O) groups excluding carboxylic acids is 2. The minimum atomic E-state index is -4.38. The molecule has 0 aliphatic heterocycles. The second-order valence-electron chi connectivity index (χ2n) is 13.8. The maximum atomic E-state index is 12.6. The van der Waals surface area contributed by atoms with Gasteiger partial charge in [-0.25, -0.2) is 4.57 Å². The number of rotatable bonds is 39. The molecule has 0 aliphatic carbocycles. The van der Waals surface area contributed by atoms with E-state index in [1.165, 1.54) is 70.6 Å². The third-order valence-electron chi connectivity index (χ3n) is 8.69. The van der Waals surface area contributed by atoms with Crippen molar-refractivity contribution in [2.45, 2.75) is 187 Å². The van der Waals surface area contributed by atoms with E-state index in [1.54, 1.807) is 0 Å². The monoisotopic (exact) mass is 768 g/mol. The first-order chi connectivity index (χ1) is 25.8. The van der Waals surface area contributed by atoms with Crippen LogP contribution in [0.15, 0.2) is 48.6 Å². The highest BCUT2D eigenvalue weighted by Crippen LogP contribution is 2.43. The summed E-state index contributed by atoms with van der Waals surface area (Å²) < 4.78 is 32.7. The largest absolute Gasteiger partial charge is 0.472 e. The van der Waals surface area contributed by atoms with Gasteiger partial charge in [0.05, 0.1) is 13.2 Å². The molecule has 3 N–H and O–H groups in total. The lowest BCUT2D eigenvalue weighted by molar-refractivity contribution is -0.161. The van der Waals surface area contributed by atoms with Gasteiger partial charge in [-0.05, 0) is 77.0 Å². The van der Waals surface area contributed by atoms with Crippen molar-refractivity contribution in [1.29, 1.82) is 0 Å². The lowest BCUT2D eigenvalue weighted by Crippen LogP contribution is -2.29. The van der Waals surface area contributed by atoms with Crippen LogP contribution in [-0.4, -0.2) is 49.3 Å². The van der Waals surface area contributed by atoms with Crippen LogP contribution in [-0.2, 0) is 32.7 Å². The molecular formula is C43H78NO8P. The summed E-state index contributed by atoms with van der Waals surface area (Å²) in [6.07, 6.45) is 44.2. The van der Waals surface area contributed by atoms with E-state index in [-0.39, 0.29) is 32.6 Å². The summed E-state index contributed by atoms with van der Waals surface area (Å²) in [4.78, 5) is 34.8. The highest BCUT2D eigenvalue weighted by atomic mass is 31.2. The fraction of sp³-hybridized carbons (Fsp3) is 0.767. The van der Waals surface area contributed by atoms with E-state index >= 15 is 0 Å². The van der Waals surface area contributed by atoms with Crippen molar-refractivity contribution in [3.8, 4) is 0 Å². The average Bonchev–Trinajstić information content (AvgIpc) is 3.14. The van der Waals surface area contributed by atoms with Crippen LogP contribution in [0.4, 0.5) is 0 Å². The predicted molar refractivity (Wildman–Crippen MR) is 220 cm³/mol. The molecule has 0 heterocycles. The zero-order chi connectivity index (χ0) is 38.9. The molecule has 0 aromatic carbocycles. The van der Waals surface area contributed by atoms with E-state index in [0.29, 0.717) is 12.8 Å². The topological polar surface area (TPSA) is 134 Å². The summed E-state index contributed by atoms with van der Waals surface area (Å²) in [5.41, 5.74) is 5.34. The van der Waals surface area contributed by atoms with E-state index in [2.05, 4.69) is 62.5 Å². The molecule has 0 saturated heterocycles. The number of nitrogens with two attached hydrogens (primary N) is 1. The molecule has 0 radical (unpaired) electrons. The molecule has 2 atom stereocenters. The SMILES string of the molecule is CCCCC/C=C/C/C=C/CCCCCCCCCC(=O)O[C@H](COC(=O)CCCCCCC/C=C/C/C=C/CCCCC)COP(=O)(O)OCCN. The normalized spacial score (nSPS) is 13.8. The highest BCUT2D eigenvalue weighted by molar-refractivity contribution is 7.47. The first kappa shape index (κ1) is 51.0. The Kier molecular flexibility index (Phi) is 38.1. The highest BCUT2D eigenvalue weighted by Gasteiger charge is 2.26. The Bertz CT molecular complexity index is 1010. The fourth-order valence-corrected chi connectivity index (χ4v) is 6.28. The van der Waals surface area contributed by atoms with Gasteiger partial charge in [-0.3, -0.25) is 18.6 Å². The van der Waals surface area contributed by atoms with Crippen LogP contribution in [0, 0.1) is 0 Å². The molecule has 0 aromatic rings. The number of ether oxygens (including phenoxy) is 2. The Balaban J connectivity index is 4.21. The van der Waals surface area contributed by atoms with Crippen LogP contribution in [0.25, 0.3) is 0 Å². The lowest BCUT2D eigenvalue weighted by atomic mass is 10.1. The van der Waals surface area contributed by atoms with Crippen LogP contribution in [0.3, 0.4) is 0 Å². The van der Waals surface area contributed by atoms with Gasteiger partial charge in [0, 0.05) is 19.4 Å². The molecule has 0 fully saturated rings. The average molecular weight is 768 g/mol. The quantitative estimate of drug-likeness (QED) is 0.0271. The van der Waals surface area contributed by atoms with Crippen LogP contribution in [0.2, 0.25) is 0 Å². The van der Waals surface area contributed by atoms with Crippen molar-refractivity contribution < 1.29 is 37.6 Å². The Morgan fingerprint density at radius 3 is 1.43 bits per heavy atom. The van der Waals surface area contributed by atoms with Gasteiger partial charge < -0.3 is 20.1 Å². The molecule has 0 rings (SSSR count). The Hall–Kier alpha value is -2.03. The molecule has 9 nitrogen and oxygen atoms in total. The van der Waals surface area contributed by atoms with Crippen LogP contribution < -0.4 is 5.73 Å². The van der Waals surface area contributed by atoms with E-state index in [0.717, 1.165) is 70.6 Å². The smallest absolute Gasteiger partial charge is 0.462 e. The van der Waals surface area contributed by atoms with Crippen LogP contribution >= 0.6 is 7.82 Å². The molecule has 0 aliphatic rings. The lowest BCUT2D eigenvalue weighted by Gasteiger charge is -2.19. The summed E-state index contributed by atoms with van der Waals surface area (Å²) in [5.74, 6) is -0.855. The number of hydrogen-bond acceptors (Lipinski definition) is 8. The first-order valence-corrected chi connectivity index (χ1v) is 22.6. The Morgan fingerprint density at radius 1 is 0.566 bits per heavy atom. The minimum Gasteiger partial charge on any atom is -0.462 e. The van der Waals surface area contributed by atoms with Gasteiger partial charge >= 0.3 is 19.8 Å². The van der Waals surface area contributed by atoms with Gasteiger partial charge in [0.2, 0.25) is 0 Å². The van der Waals surface area contributed by atoms with E-state index in [1.807, 2.05) is 0 Å². The van der Waals surface area contributed by atoms with Gasteiger partial charge in [0.15, 0.2) is 6.10 Å². The number of phosphoric ester groups is 1. The molecule has 1 unspecified atom stereocenters. The predicted octanol–water partition coefficient (Wildman–Crippen LogP) is 11.9. The van der Waals surface area contributed by atoms with Crippen molar-refractivity contribution >= 4 is 19.8 Å². The molecular weight excluding hydrogens is 689 g/mol. The van der Waals surface area contributed by atoms with E-state index in [9.17, 15) is 19.0 Å². The maximum absolute atomic E-state index is 12.6. The standard InChI is InChI=1S/C43H78NO8P/c1-3-5-7-9-11-13-15-17-19-20-22-24-26-28-30-32-34-36-43(46)52-41(40-51-53(47,48)50-38-37-44)39-49-42(45)35-33-31-29-27-25-23-21-18-16-14-12-10-8-6-4-2/h11-14,17-19,21,41H,3-10,15-16,20,22-40,44H2,1-2H3,(H,47,48)/b13-11+,14-12+,19-17+,21-18+/t41-/m1/s1. The van der Waals surface area contributed by atoms with Crippen LogP contribution in [0.5, 0.6) is 0 Å². The van der Waals surface area contributed by atoms with Crippen molar-refractivity contribution in [2.75, 3.05) is 26.4 Å². The number of hydrogen-bond donors (Lipinski definition) is 2. The second kappa shape index (κ2) is 39.7. The second-order valence-corrected chi connectivity index (χ2v) is 15.3. The third-order valence-corrected chi connectivity index (χ3v) is 9.67.